The molecule has 2 amide bonds. The fourth-order valence-electron chi connectivity index (χ4n) is 3.57. The van der Waals surface area contributed by atoms with Crippen LogP contribution in [0.1, 0.15) is 27.2 Å². The molecule has 8 heteroatoms. The molecule has 3 aromatic carbocycles. The van der Waals surface area contributed by atoms with Crippen molar-refractivity contribution in [3.05, 3.63) is 107 Å². The van der Waals surface area contributed by atoms with E-state index in [1.54, 1.807) is 37.8 Å². The third-order valence-corrected chi connectivity index (χ3v) is 5.89. The molecule has 178 valence electrons. The van der Waals surface area contributed by atoms with Gasteiger partial charge in [0.05, 0.1) is 19.9 Å². The summed E-state index contributed by atoms with van der Waals surface area (Å²) in [4.78, 5) is 29.2. The molecule has 0 radical (unpaired) electrons. The first-order chi connectivity index (χ1) is 16.9. The first-order valence-electron chi connectivity index (χ1n) is 11.0. The van der Waals surface area contributed by atoms with E-state index in [9.17, 15) is 9.59 Å². The molecular formula is C27H25ClN4O3. The summed E-state index contributed by atoms with van der Waals surface area (Å²) in [5, 5.41) is 6.35. The zero-order chi connectivity index (χ0) is 24.8. The minimum atomic E-state index is -0.303. The van der Waals surface area contributed by atoms with E-state index in [4.69, 9.17) is 16.3 Å². The van der Waals surface area contributed by atoms with Gasteiger partial charge in [-0.2, -0.15) is 0 Å². The van der Waals surface area contributed by atoms with Gasteiger partial charge >= 0.3 is 0 Å². The zero-order valence-electron chi connectivity index (χ0n) is 19.4. The standard InChI is InChI=1S/C27H25ClN4O3/c1-18-23(28)7-4-8-24(18)31-27(34)25-16-32(17-29-25)15-19-9-11-21(12-10-19)30-26(33)14-20-5-3-6-22(13-20)35-2/h3-13,16-17H,14-15H2,1-2H3,(H,30,33)(H,31,34). The summed E-state index contributed by atoms with van der Waals surface area (Å²) in [6.45, 7) is 2.38. The van der Waals surface area contributed by atoms with E-state index in [0.717, 1.165) is 22.4 Å². The Labute approximate surface area is 208 Å². The maximum Gasteiger partial charge on any atom is 0.275 e. The second-order valence-corrected chi connectivity index (χ2v) is 8.48. The third-order valence-electron chi connectivity index (χ3n) is 5.48. The average Bonchev–Trinajstić information content (AvgIpc) is 3.32. The van der Waals surface area contributed by atoms with Crippen LogP contribution in [0.4, 0.5) is 11.4 Å². The molecule has 7 nitrogen and oxygen atoms in total. The maximum atomic E-state index is 12.6. The fourth-order valence-corrected chi connectivity index (χ4v) is 3.74. The van der Waals surface area contributed by atoms with Gasteiger partial charge in [0.2, 0.25) is 5.91 Å². The molecule has 0 atom stereocenters. The lowest BCUT2D eigenvalue weighted by Crippen LogP contribution is -2.14. The van der Waals surface area contributed by atoms with Gasteiger partial charge < -0.3 is 19.9 Å². The quantitative estimate of drug-likeness (QED) is 0.351. The number of anilines is 2. The molecular weight excluding hydrogens is 464 g/mol. The smallest absolute Gasteiger partial charge is 0.275 e. The molecule has 0 bridgehead atoms. The highest BCUT2D eigenvalue weighted by Crippen LogP contribution is 2.23. The molecule has 35 heavy (non-hydrogen) atoms. The largest absolute Gasteiger partial charge is 0.497 e. The molecule has 0 spiro atoms. The van der Waals surface area contributed by atoms with Gasteiger partial charge in [-0.25, -0.2) is 4.98 Å². The molecule has 0 aliphatic rings. The average molecular weight is 489 g/mol. The number of halogens is 1. The molecule has 0 fully saturated rings. The van der Waals surface area contributed by atoms with Crippen molar-refractivity contribution in [2.75, 3.05) is 17.7 Å². The fraction of sp³-hybridized carbons (Fsp3) is 0.148. The summed E-state index contributed by atoms with van der Waals surface area (Å²) in [7, 11) is 1.60. The first kappa shape index (κ1) is 24.0. The molecule has 0 aliphatic heterocycles. The van der Waals surface area contributed by atoms with E-state index in [1.807, 2.05) is 60.0 Å². The number of amides is 2. The minimum absolute atomic E-state index is 0.105. The molecule has 0 aliphatic carbocycles. The van der Waals surface area contributed by atoms with Gasteiger partial charge in [0.15, 0.2) is 0 Å². The number of methoxy groups -OCH3 is 1. The van der Waals surface area contributed by atoms with Crippen LogP contribution >= 0.6 is 11.6 Å². The van der Waals surface area contributed by atoms with Crippen LogP contribution in [0.5, 0.6) is 5.75 Å². The van der Waals surface area contributed by atoms with E-state index in [2.05, 4.69) is 15.6 Å². The maximum absolute atomic E-state index is 12.6. The Hall–Kier alpha value is -4.10. The number of imidazole rings is 1. The van der Waals surface area contributed by atoms with Gasteiger partial charge in [0, 0.05) is 29.1 Å². The highest BCUT2D eigenvalue weighted by molar-refractivity contribution is 6.31. The van der Waals surface area contributed by atoms with Gasteiger partial charge in [0.25, 0.3) is 5.91 Å². The first-order valence-corrected chi connectivity index (χ1v) is 11.4. The third kappa shape index (κ3) is 6.28. The molecule has 2 N–H and O–H groups in total. The molecule has 0 unspecified atom stereocenters. The van der Waals surface area contributed by atoms with Crippen LogP contribution in [0, 0.1) is 6.92 Å². The topological polar surface area (TPSA) is 85.2 Å². The lowest BCUT2D eigenvalue weighted by Gasteiger charge is -2.08. The SMILES string of the molecule is COc1cccc(CC(=O)Nc2ccc(Cn3cnc(C(=O)Nc4cccc(Cl)c4C)c3)cc2)c1. The number of benzene rings is 3. The number of carbonyl (C=O) groups excluding carboxylic acids is 2. The van der Waals surface area contributed by atoms with Gasteiger partial charge in [-0.05, 0) is 60.0 Å². The van der Waals surface area contributed by atoms with Crippen LogP contribution < -0.4 is 15.4 Å². The predicted molar refractivity (Wildman–Crippen MR) is 137 cm³/mol. The minimum Gasteiger partial charge on any atom is -0.497 e. The molecule has 1 aromatic heterocycles. The predicted octanol–water partition coefficient (Wildman–Crippen LogP) is 5.34. The van der Waals surface area contributed by atoms with Crippen molar-refractivity contribution < 1.29 is 14.3 Å². The molecule has 0 saturated heterocycles. The van der Waals surface area contributed by atoms with Gasteiger partial charge in [-0.3, -0.25) is 9.59 Å². The van der Waals surface area contributed by atoms with Crippen molar-refractivity contribution in [1.82, 2.24) is 9.55 Å². The second-order valence-electron chi connectivity index (χ2n) is 8.07. The van der Waals surface area contributed by atoms with Gasteiger partial charge in [-0.15, -0.1) is 0 Å². The number of nitrogens with zero attached hydrogens (tertiary/aromatic N) is 2. The Morgan fingerprint density at radius 1 is 1.00 bits per heavy atom. The monoisotopic (exact) mass is 488 g/mol. The van der Waals surface area contributed by atoms with E-state index < -0.39 is 0 Å². The molecule has 4 aromatic rings. The van der Waals surface area contributed by atoms with Crippen molar-refractivity contribution in [2.24, 2.45) is 0 Å². The Morgan fingerprint density at radius 3 is 2.54 bits per heavy atom. The Kier molecular flexibility index (Phi) is 7.48. The van der Waals surface area contributed by atoms with Crippen LogP contribution in [0.15, 0.2) is 79.3 Å². The number of aromatic nitrogens is 2. The second kappa shape index (κ2) is 10.9. The van der Waals surface area contributed by atoms with Gasteiger partial charge in [0.1, 0.15) is 11.4 Å². The Morgan fingerprint density at radius 2 is 1.77 bits per heavy atom. The summed E-state index contributed by atoms with van der Waals surface area (Å²) >= 11 is 6.13. The van der Waals surface area contributed by atoms with Crippen LogP contribution in [0.3, 0.4) is 0 Å². The lowest BCUT2D eigenvalue weighted by molar-refractivity contribution is -0.115. The van der Waals surface area contributed by atoms with Gasteiger partial charge in [-0.1, -0.05) is 41.9 Å². The number of nitrogens with one attached hydrogen (secondary N) is 2. The molecule has 4 rings (SSSR count). The lowest BCUT2D eigenvalue weighted by atomic mass is 10.1. The number of hydrogen-bond acceptors (Lipinski definition) is 4. The van der Waals surface area contributed by atoms with Crippen molar-refractivity contribution in [3.8, 4) is 5.75 Å². The van der Waals surface area contributed by atoms with Crippen molar-refractivity contribution in [3.63, 3.8) is 0 Å². The Bertz CT molecular complexity index is 1350. The van der Waals surface area contributed by atoms with Crippen LogP contribution in [0.2, 0.25) is 5.02 Å². The number of ether oxygens (including phenoxy) is 1. The zero-order valence-corrected chi connectivity index (χ0v) is 20.2. The normalized spacial score (nSPS) is 10.6. The van der Waals surface area contributed by atoms with E-state index >= 15 is 0 Å². The van der Waals surface area contributed by atoms with Crippen molar-refractivity contribution in [2.45, 2.75) is 19.9 Å². The van der Waals surface area contributed by atoms with Crippen molar-refractivity contribution >= 4 is 34.8 Å². The van der Waals surface area contributed by atoms with Crippen LogP contribution in [-0.4, -0.2) is 28.5 Å². The Balaban J connectivity index is 1.33. The summed E-state index contributed by atoms with van der Waals surface area (Å²) in [5.74, 6) is 0.314. The summed E-state index contributed by atoms with van der Waals surface area (Å²) < 4.78 is 7.03. The molecule has 1 heterocycles. The van der Waals surface area contributed by atoms with E-state index in [0.29, 0.717) is 28.6 Å². The highest BCUT2D eigenvalue weighted by atomic mass is 35.5. The summed E-state index contributed by atoms with van der Waals surface area (Å²) in [6, 6.07) is 20.4. The summed E-state index contributed by atoms with van der Waals surface area (Å²) in [5.41, 5.74) is 4.36. The number of hydrogen-bond donors (Lipinski definition) is 2. The number of carbonyl (C=O) groups is 2. The van der Waals surface area contributed by atoms with E-state index in [-0.39, 0.29) is 18.2 Å². The highest BCUT2D eigenvalue weighted by Gasteiger charge is 2.12. The van der Waals surface area contributed by atoms with Crippen LogP contribution in [-0.2, 0) is 17.8 Å². The van der Waals surface area contributed by atoms with Crippen molar-refractivity contribution in [1.29, 1.82) is 0 Å². The van der Waals surface area contributed by atoms with E-state index in [1.165, 1.54) is 0 Å². The summed E-state index contributed by atoms with van der Waals surface area (Å²) in [6.07, 6.45) is 3.57. The van der Waals surface area contributed by atoms with Crippen LogP contribution in [0.25, 0.3) is 0 Å². The number of rotatable bonds is 8. The molecule has 0 saturated carbocycles.